The van der Waals surface area contributed by atoms with Gasteiger partial charge in [0.2, 0.25) is 0 Å². The van der Waals surface area contributed by atoms with Crippen LogP contribution >= 0.6 is 11.6 Å². The number of guanidine groups is 1. The molecule has 0 saturated heterocycles. The van der Waals surface area contributed by atoms with Gasteiger partial charge in [-0.25, -0.2) is 4.99 Å². The number of amides is 1. The summed E-state index contributed by atoms with van der Waals surface area (Å²) in [6, 6.07) is 21.3. The molecule has 3 aromatic carbocycles. The zero-order chi connectivity index (χ0) is 24.1. The summed E-state index contributed by atoms with van der Waals surface area (Å²) >= 11 is 6.22. The molecule has 2 unspecified atom stereocenters. The molecular formula is C27H26ClN3O3. The van der Waals surface area contributed by atoms with Crippen LogP contribution in [0.4, 0.5) is 0 Å². The Labute approximate surface area is 204 Å². The molecule has 2 aliphatic rings. The second kappa shape index (κ2) is 8.06. The third kappa shape index (κ3) is 3.68. The summed E-state index contributed by atoms with van der Waals surface area (Å²) in [5.41, 5.74) is 7.95. The number of hydrogen-bond donors (Lipinski definition) is 1. The van der Waals surface area contributed by atoms with Crippen molar-refractivity contribution < 1.29 is 14.3 Å². The van der Waals surface area contributed by atoms with Crippen molar-refractivity contribution in [2.45, 2.75) is 30.9 Å². The van der Waals surface area contributed by atoms with Crippen LogP contribution in [0.3, 0.4) is 0 Å². The number of carbonyl (C=O) groups excluding carboxylic acids is 1. The Morgan fingerprint density at radius 1 is 1.12 bits per heavy atom. The molecule has 0 aliphatic carbocycles. The predicted octanol–water partition coefficient (Wildman–Crippen LogP) is 4.78. The van der Waals surface area contributed by atoms with Gasteiger partial charge < -0.3 is 15.2 Å². The zero-order valence-corrected chi connectivity index (χ0v) is 20.1. The molecule has 0 fully saturated rings. The fourth-order valence-electron chi connectivity index (χ4n) is 5.03. The molecule has 0 saturated carbocycles. The quantitative estimate of drug-likeness (QED) is 0.589. The van der Waals surface area contributed by atoms with E-state index in [2.05, 4.69) is 0 Å². The summed E-state index contributed by atoms with van der Waals surface area (Å²) in [7, 11) is 3.30. The van der Waals surface area contributed by atoms with Crippen LogP contribution in [0.5, 0.6) is 11.5 Å². The number of likely N-dealkylation sites (N-methyl/N-ethyl adjacent to an activating group) is 1. The highest BCUT2D eigenvalue weighted by molar-refractivity contribution is 6.30. The number of fused-ring (bicyclic) bond motifs is 2. The minimum atomic E-state index is -1.16. The number of rotatable bonds is 4. The van der Waals surface area contributed by atoms with Gasteiger partial charge in [-0.1, -0.05) is 41.9 Å². The van der Waals surface area contributed by atoms with Gasteiger partial charge in [-0.3, -0.25) is 9.69 Å². The third-order valence-electron chi connectivity index (χ3n) is 6.59. The van der Waals surface area contributed by atoms with Gasteiger partial charge in [-0.05, 0) is 60.0 Å². The number of carbonyl (C=O) groups is 1. The first-order chi connectivity index (χ1) is 16.2. The number of ether oxygens (including phenoxy) is 2. The van der Waals surface area contributed by atoms with E-state index in [-0.39, 0.29) is 11.9 Å². The van der Waals surface area contributed by atoms with Gasteiger partial charge in [-0.2, -0.15) is 0 Å². The molecule has 0 aromatic heterocycles. The minimum absolute atomic E-state index is 0.158. The summed E-state index contributed by atoms with van der Waals surface area (Å²) in [5.74, 6) is 1.45. The third-order valence-corrected chi connectivity index (χ3v) is 6.82. The van der Waals surface area contributed by atoms with Crippen LogP contribution in [0.1, 0.15) is 24.5 Å². The van der Waals surface area contributed by atoms with E-state index in [9.17, 15) is 4.79 Å². The smallest absolute Gasteiger partial charge is 0.261 e. The lowest BCUT2D eigenvalue weighted by Gasteiger charge is -2.43. The second-order valence-electron chi connectivity index (χ2n) is 9.17. The Morgan fingerprint density at radius 3 is 2.59 bits per heavy atom. The Kier molecular flexibility index (Phi) is 5.29. The topological polar surface area (TPSA) is 77.2 Å². The highest BCUT2D eigenvalue weighted by Crippen LogP contribution is 2.50. The van der Waals surface area contributed by atoms with Gasteiger partial charge in [-0.15, -0.1) is 0 Å². The van der Waals surface area contributed by atoms with Gasteiger partial charge in [0.05, 0.1) is 7.11 Å². The van der Waals surface area contributed by atoms with Crippen LogP contribution in [0.25, 0.3) is 11.1 Å². The number of nitrogens with zero attached hydrogens (tertiary/aromatic N) is 2. The standard InChI is InChI=1S/C27H26ClN3O3/c1-26(15-17-6-4-9-21(12-17)33-3)16-27(24(32)31(2)25(29)30-27)22-14-19(10-11-23(22)34-26)18-7-5-8-20(28)13-18/h4-14H,15-16H2,1-3H3,(H2,29,30). The van der Waals surface area contributed by atoms with Crippen molar-refractivity contribution >= 4 is 23.5 Å². The normalized spacial score (nSPS) is 23.5. The summed E-state index contributed by atoms with van der Waals surface area (Å²) in [6.07, 6.45) is 0.931. The van der Waals surface area contributed by atoms with Crippen molar-refractivity contribution in [1.82, 2.24) is 4.90 Å². The van der Waals surface area contributed by atoms with Crippen LogP contribution in [-0.4, -0.2) is 36.5 Å². The summed E-state index contributed by atoms with van der Waals surface area (Å²) in [4.78, 5) is 19.8. The molecule has 0 bridgehead atoms. The van der Waals surface area contributed by atoms with Crippen molar-refractivity contribution in [2.24, 2.45) is 10.7 Å². The maximum Gasteiger partial charge on any atom is 0.261 e. The first kappa shape index (κ1) is 22.3. The molecule has 2 heterocycles. The van der Waals surface area contributed by atoms with Crippen LogP contribution in [0, 0.1) is 0 Å². The van der Waals surface area contributed by atoms with Gasteiger partial charge in [0.1, 0.15) is 17.1 Å². The first-order valence-electron chi connectivity index (χ1n) is 11.1. The van der Waals surface area contributed by atoms with Crippen LogP contribution in [0.2, 0.25) is 5.02 Å². The van der Waals surface area contributed by atoms with Crippen LogP contribution in [-0.2, 0) is 16.8 Å². The number of benzene rings is 3. The number of aliphatic imine (C=N–C) groups is 1. The lowest BCUT2D eigenvalue weighted by Crippen LogP contribution is -2.51. The lowest BCUT2D eigenvalue weighted by atomic mass is 9.74. The average Bonchev–Trinajstić information content (AvgIpc) is 3.02. The van der Waals surface area contributed by atoms with Gasteiger partial charge in [0, 0.05) is 30.5 Å². The number of halogens is 1. The largest absolute Gasteiger partial charge is 0.497 e. The Bertz CT molecular complexity index is 1320. The highest BCUT2D eigenvalue weighted by atomic mass is 35.5. The highest BCUT2D eigenvalue weighted by Gasteiger charge is 2.56. The molecule has 0 radical (unpaired) electrons. The molecule has 2 atom stereocenters. The Hall–Kier alpha value is -3.51. The maximum absolute atomic E-state index is 13.6. The molecule has 7 heteroatoms. The molecule has 1 amide bonds. The van der Waals surface area contributed by atoms with E-state index in [1.807, 2.05) is 73.7 Å². The van der Waals surface area contributed by atoms with Crippen molar-refractivity contribution in [3.63, 3.8) is 0 Å². The van der Waals surface area contributed by atoms with Gasteiger partial charge >= 0.3 is 0 Å². The minimum Gasteiger partial charge on any atom is -0.497 e. The maximum atomic E-state index is 13.6. The van der Waals surface area contributed by atoms with Crippen LogP contribution in [0.15, 0.2) is 71.7 Å². The first-order valence-corrected chi connectivity index (χ1v) is 11.5. The summed E-state index contributed by atoms with van der Waals surface area (Å²) in [6.45, 7) is 2.01. The molecule has 3 aromatic rings. The molecule has 1 spiro atoms. The predicted molar refractivity (Wildman–Crippen MR) is 133 cm³/mol. The van der Waals surface area contributed by atoms with Crippen molar-refractivity contribution in [2.75, 3.05) is 14.2 Å². The number of nitrogens with two attached hydrogens (primary N) is 1. The second-order valence-corrected chi connectivity index (χ2v) is 9.61. The zero-order valence-electron chi connectivity index (χ0n) is 19.3. The van der Waals surface area contributed by atoms with E-state index in [1.165, 1.54) is 4.90 Å². The average molecular weight is 476 g/mol. The SMILES string of the molecule is COc1cccc(CC2(C)CC3(N=C(N)N(C)C3=O)c3cc(-c4cccc(Cl)c4)ccc3O2)c1. The van der Waals surface area contributed by atoms with Crippen molar-refractivity contribution in [1.29, 1.82) is 0 Å². The Balaban J connectivity index is 1.62. The summed E-state index contributed by atoms with van der Waals surface area (Å²) in [5, 5.41) is 0.644. The summed E-state index contributed by atoms with van der Waals surface area (Å²) < 4.78 is 12.0. The monoisotopic (exact) mass is 475 g/mol. The van der Waals surface area contributed by atoms with E-state index < -0.39 is 11.1 Å². The number of methoxy groups -OCH3 is 1. The molecule has 174 valence electrons. The molecule has 34 heavy (non-hydrogen) atoms. The van der Waals surface area contributed by atoms with Crippen molar-refractivity contribution in [3.8, 4) is 22.6 Å². The Morgan fingerprint density at radius 2 is 1.88 bits per heavy atom. The number of hydrogen-bond acceptors (Lipinski definition) is 5. The van der Waals surface area contributed by atoms with E-state index in [0.29, 0.717) is 29.2 Å². The van der Waals surface area contributed by atoms with Gasteiger partial charge in [0.15, 0.2) is 11.5 Å². The van der Waals surface area contributed by atoms with Gasteiger partial charge in [0.25, 0.3) is 5.91 Å². The molecule has 2 aliphatic heterocycles. The van der Waals surface area contributed by atoms with E-state index in [1.54, 1.807) is 14.2 Å². The van der Waals surface area contributed by atoms with Crippen LogP contribution < -0.4 is 15.2 Å². The van der Waals surface area contributed by atoms with E-state index in [4.69, 9.17) is 31.8 Å². The molecule has 6 nitrogen and oxygen atoms in total. The fraction of sp³-hybridized carbons (Fsp3) is 0.259. The lowest BCUT2D eigenvalue weighted by molar-refractivity contribution is -0.133. The molecule has 2 N–H and O–H groups in total. The molecular weight excluding hydrogens is 450 g/mol. The van der Waals surface area contributed by atoms with E-state index >= 15 is 0 Å². The fourth-order valence-corrected chi connectivity index (χ4v) is 5.22. The van der Waals surface area contributed by atoms with E-state index in [0.717, 1.165) is 22.4 Å². The van der Waals surface area contributed by atoms with Crippen molar-refractivity contribution in [3.05, 3.63) is 82.9 Å². The molecule has 5 rings (SSSR count).